The number of hydrogen-bond donors (Lipinski definition) is 4. The van der Waals surface area contributed by atoms with E-state index < -0.39 is 34.5 Å². The average Bonchev–Trinajstić information content (AvgIpc) is 2.75. The van der Waals surface area contributed by atoms with Gasteiger partial charge >= 0.3 is 5.97 Å². The van der Waals surface area contributed by atoms with Gasteiger partial charge in [-0.25, -0.2) is 17.9 Å². The van der Waals surface area contributed by atoms with Crippen molar-refractivity contribution in [1.29, 1.82) is 0 Å². The molecule has 0 aliphatic carbocycles. The zero-order chi connectivity index (χ0) is 13.9. The number of carboxylic acid groups (broad SMARTS) is 1. The van der Waals surface area contributed by atoms with E-state index in [1.165, 1.54) is 0 Å². The molecule has 0 fully saturated rings. The van der Waals surface area contributed by atoms with Crippen LogP contribution in [-0.4, -0.2) is 43.2 Å². The number of hydrogen-bond acceptors (Lipinski definition) is 6. The van der Waals surface area contributed by atoms with Gasteiger partial charge in [-0.3, -0.25) is 4.79 Å². The number of nitrogens with one attached hydrogen (secondary N) is 1. The standard InChI is InChI=1S/C8H10N2O6S2/c9-7(12)5(11)2-10-18(15,16)4-1-6(8(13)14)17-3-4/h1,3,5,10-11H,2H2,(H2,9,12)(H,13,14). The van der Waals surface area contributed by atoms with Crippen LogP contribution < -0.4 is 10.5 Å². The second kappa shape index (κ2) is 5.44. The van der Waals surface area contributed by atoms with Crippen molar-refractivity contribution in [3.63, 3.8) is 0 Å². The second-order valence-corrected chi connectivity index (χ2v) is 5.90. The first-order valence-corrected chi connectivity index (χ1v) is 6.89. The molecule has 0 saturated carbocycles. The summed E-state index contributed by atoms with van der Waals surface area (Å²) in [5, 5.41) is 18.8. The summed E-state index contributed by atoms with van der Waals surface area (Å²) in [5.74, 6) is -2.30. The number of nitrogens with two attached hydrogens (primary N) is 1. The predicted molar refractivity (Wildman–Crippen MR) is 61.7 cm³/mol. The zero-order valence-corrected chi connectivity index (χ0v) is 10.5. The van der Waals surface area contributed by atoms with Gasteiger partial charge in [0.05, 0.1) is 4.90 Å². The fraction of sp³-hybridized carbons (Fsp3) is 0.250. The second-order valence-electron chi connectivity index (χ2n) is 3.22. The summed E-state index contributed by atoms with van der Waals surface area (Å²) in [5.41, 5.74) is 4.75. The molecule has 1 unspecified atom stereocenters. The lowest BCUT2D eigenvalue weighted by molar-refractivity contribution is -0.125. The van der Waals surface area contributed by atoms with Crippen LogP contribution in [0.4, 0.5) is 0 Å². The SMILES string of the molecule is NC(=O)C(O)CNS(=O)(=O)c1csc(C(=O)O)c1. The minimum absolute atomic E-state index is 0.133. The maximum atomic E-state index is 11.6. The molecule has 0 radical (unpaired) electrons. The van der Waals surface area contributed by atoms with Crippen LogP contribution in [0.15, 0.2) is 16.3 Å². The normalized spacial score (nSPS) is 13.2. The molecule has 10 heteroatoms. The van der Waals surface area contributed by atoms with Gasteiger partial charge in [-0.05, 0) is 6.07 Å². The minimum atomic E-state index is -3.97. The molecule has 1 aromatic rings. The van der Waals surface area contributed by atoms with E-state index in [0.717, 1.165) is 22.8 Å². The van der Waals surface area contributed by atoms with E-state index >= 15 is 0 Å². The van der Waals surface area contributed by atoms with Crippen LogP contribution in [0.3, 0.4) is 0 Å². The van der Waals surface area contributed by atoms with Crippen LogP contribution in [0.1, 0.15) is 9.67 Å². The molecular weight excluding hydrogens is 284 g/mol. The van der Waals surface area contributed by atoms with Crippen LogP contribution in [0.25, 0.3) is 0 Å². The highest BCUT2D eigenvalue weighted by Crippen LogP contribution is 2.18. The highest BCUT2D eigenvalue weighted by molar-refractivity contribution is 7.89. The Balaban J connectivity index is 2.80. The molecule has 18 heavy (non-hydrogen) atoms. The molecule has 8 nitrogen and oxygen atoms in total. The predicted octanol–water partition coefficient (Wildman–Crippen LogP) is -1.43. The van der Waals surface area contributed by atoms with Gasteiger partial charge in [-0.2, -0.15) is 0 Å². The van der Waals surface area contributed by atoms with Crippen molar-refractivity contribution in [1.82, 2.24) is 4.72 Å². The number of carbonyl (C=O) groups excluding carboxylic acids is 1. The summed E-state index contributed by atoms with van der Waals surface area (Å²) in [7, 11) is -3.97. The van der Waals surface area contributed by atoms with E-state index in [1.54, 1.807) is 0 Å². The Morgan fingerprint density at radius 1 is 1.50 bits per heavy atom. The highest BCUT2D eigenvalue weighted by Gasteiger charge is 2.20. The third-order valence-corrected chi connectivity index (χ3v) is 4.36. The lowest BCUT2D eigenvalue weighted by atomic mass is 10.3. The molecule has 1 amide bonds. The molecule has 1 heterocycles. The summed E-state index contributed by atoms with van der Waals surface area (Å²) < 4.78 is 25.2. The number of sulfonamides is 1. The number of rotatable bonds is 6. The first-order chi connectivity index (χ1) is 8.24. The minimum Gasteiger partial charge on any atom is -0.477 e. The summed E-state index contributed by atoms with van der Waals surface area (Å²) in [6, 6.07) is 0.978. The van der Waals surface area contributed by atoms with Crippen molar-refractivity contribution in [2.75, 3.05) is 6.54 Å². The van der Waals surface area contributed by atoms with Gasteiger partial charge in [0.15, 0.2) is 0 Å². The largest absolute Gasteiger partial charge is 0.477 e. The first kappa shape index (κ1) is 14.6. The molecule has 0 aromatic carbocycles. The number of thiophene rings is 1. The Kier molecular flexibility index (Phi) is 4.40. The third-order valence-electron chi connectivity index (χ3n) is 1.89. The molecule has 100 valence electrons. The van der Waals surface area contributed by atoms with Gasteiger partial charge < -0.3 is 15.9 Å². The molecule has 1 atom stereocenters. The molecule has 5 N–H and O–H groups in total. The van der Waals surface area contributed by atoms with E-state index in [2.05, 4.69) is 0 Å². The van der Waals surface area contributed by atoms with Crippen molar-refractivity contribution in [3.8, 4) is 0 Å². The maximum absolute atomic E-state index is 11.6. The lowest BCUT2D eigenvalue weighted by Crippen LogP contribution is -2.39. The Bertz CT molecular complexity index is 564. The number of aromatic carboxylic acids is 1. The van der Waals surface area contributed by atoms with E-state index in [9.17, 15) is 18.0 Å². The lowest BCUT2D eigenvalue weighted by Gasteiger charge is -2.07. The Labute approximate surface area is 106 Å². The van der Waals surface area contributed by atoms with Crippen LogP contribution in [0.5, 0.6) is 0 Å². The highest BCUT2D eigenvalue weighted by atomic mass is 32.2. The number of aliphatic hydroxyl groups is 1. The summed E-state index contributed by atoms with van der Waals surface area (Å²) in [6.07, 6.45) is -1.64. The molecule has 1 rings (SSSR count). The van der Waals surface area contributed by atoms with Gasteiger partial charge in [0.25, 0.3) is 0 Å². The van der Waals surface area contributed by atoms with Gasteiger partial charge in [0.1, 0.15) is 11.0 Å². The van der Waals surface area contributed by atoms with Crippen LogP contribution in [0.2, 0.25) is 0 Å². The Hall–Kier alpha value is -1.49. The van der Waals surface area contributed by atoms with Crippen LogP contribution in [0, 0.1) is 0 Å². The van der Waals surface area contributed by atoms with Crippen molar-refractivity contribution < 1.29 is 28.2 Å². The van der Waals surface area contributed by atoms with E-state index in [0.29, 0.717) is 0 Å². The first-order valence-electron chi connectivity index (χ1n) is 4.53. The molecule has 0 saturated heterocycles. The summed E-state index contributed by atoms with van der Waals surface area (Å²) in [4.78, 5) is 20.7. The van der Waals surface area contributed by atoms with Crippen molar-refractivity contribution in [2.24, 2.45) is 5.73 Å². The quantitative estimate of drug-likeness (QED) is 0.506. The molecule has 0 bridgehead atoms. The number of primary amides is 1. The Morgan fingerprint density at radius 3 is 2.56 bits per heavy atom. The number of carbonyl (C=O) groups is 2. The molecule has 0 spiro atoms. The van der Waals surface area contributed by atoms with E-state index in [4.69, 9.17) is 15.9 Å². The number of carboxylic acids is 1. The third kappa shape index (κ3) is 3.50. The average molecular weight is 294 g/mol. The van der Waals surface area contributed by atoms with Crippen LogP contribution >= 0.6 is 11.3 Å². The van der Waals surface area contributed by atoms with Gasteiger partial charge in [0.2, 0.25) is 15.9 Å². The summed E-state index contributed by atoms with van der Waals surface area (Å²) >= 11 is 0.752. The van der Waals surface area contributed by atoms with Gasteiger partial charge in [-0.15, -0.1) is 11.3 Å². The number of amides is 1. The molecule has 1 aromatic heterocycles. The zero-order valence-electron chi connectivity index (χ0n) is 8.86. The van der Waals surface area contributed by atoms with Gasteiger partial charge in [-0.1, -0.05) is 0 Å². The van der Waals surface area contributed by atoms with Gasteiger partial charge in [0, 0.05) is 11.9 Å². The fourth-order valence-electron chi connectivity index (χ4n) is 0.944. The van der Waals surface area contributed by atoms with Crippen LogP contribution in [-0.2, 0) is 14.8 Å². The van der Waals surface area contributed by atoms with E-state index in [-0.39, 0.29) is 9.77 Å². The van der Waals surface area contributed by atoms with Crippen molar-refractivity contribution >= 4 is 33.2 Å². The summed E-state index contributed by atoms with van der Waals surface area (Å²) in [6.45, 7) is -0.573. The maximum Gasteiger partial charge on any atom is 0.345 e. The van der Waals surface area contributed by atoms with E-state index in [1.807, 2.05) is 4.72 Å². The topological polar surface area (TPSA) is 147 Å². The molecule has 0 aliphatic heterocycles. The smallest absolute Gasteiger partial charge is 0.345 e. The molecular formula is C8H10N2O6S2. The monoisotopic (exact) mass is 294 g/mol. The van der Waals surface area contributed by atoms with Crippen molar-refractivity contribution in [3.05, 3.63) is 16.3 Å². The number of aliphatic hydroxyl groups excluding tert-OH is 1. The Morgan fingerprint density at radius 2 is 2.11 bits per heavy atom. The van der Waals surface area contributed by atoms with Crippen molar-refractivity contribution in [2.45, 2.75) is 11.0 Å². The fourth-order valence-corrected chi connectivity index (χ4v) is 3.09. The molecule has 0 aliphatic rings.